The van der Waals surface area contributed by atoms with Gasteiger partial charge in [0, 0.05) is 12.5 Å². The molecule has 0 aliphatic carbocycles. The summed E-state index contributed by atoms with van der Waals surface area (Å²) in [4.78, 5) is 0. The van der Waals surface area contributed by atoms with Gasteiger partial charge in [0.1, 0.15) is 5.01 Å². The normalized spacial score (nSPS) is 28.2. The highest BCUT2D eigenvalue weighted by Gasteiger charge is 2.30. The zero-order chi connectivity index (χ0) is 9.26. The van der Waals surface area contributed by atoms with E-state index in [-0.39, 0.29) is 0 Å². The van der Waals surface area contributed by atoms with E-state index in [0.717, 1.165) is 28.4 Å². The Bertz CT molecular complexity index is 291. The second kappa shape index (κ2) is 4.02. The molecule has 0 bridgehead atoms. The van der Waals surface area contributed by atoms with Gasteiger partial charge in [0.05, 0.1) is 6.10 Å². The lowest BCUT2D eigenvalue weighted by molar-refractivity contribution is 0.100. The molecule has 0 N–H and O–H groups in total. The topological polar surface area (TPSA) is 35.0 Å². The first-order chi connectivity index (χ1) is 6.31. The van der Waals surface area contributed by atoms with Crippen molar-refractivity contribution < 1.29 is 4.74 Å². The number of rotatable bonds is 2. The van der Waals surface area contributed by atoms with Gasteiger partial charge in [-0.2, -0.15) is 0 Å². The van der Waals surface area contributed by atoms with Crippen molar-refractivity contribution >= 4 is 27.3 Å². The van der Waals surface area contributed by atoms with Crippen LogP contribution in [0.25, 0.3) is 0 Å². The Kier molecular flexibility index (Phi) is 2.96. The largest absolute Gasteiger partial charge is 0.377 e. The average molecular weight is 263 g/mol. The molecule has 0 radical (unpaired) electrons. The summed E-state index contributed by atoms with van der Waals surface area (Å²) in [6.45, 7) is 3.01. The van der Waals surface area contributed by atoms with E-state index in [9.17, 15) is 0 Å². The lowest BCUT2D eigenvalue weighted by Crippen LogP contribution is -2.12. The summed E-state index contributed by atoms with van der Waals surface area (Å²) in [7, 11) is 0. The number of hydrogen-bond acceptors (Lipinski definition) is 4. The molecule has 1 aromatic rings. The maximum Gasteiger partial charge on any atom is 0.183 e. The molecule has 2 heterocycles. The van der Waals surface area contributed by atoms with Gasteiger partial charge in [-0.3, -0.25) is 0 Å². The second-order valence-electron chi connectivity index (χ2n) is 3.11. The highest BCUT2D eigenvalue weighted by atomic mass is 79.9. The number of hydrogen-bond donors (Lipinski definition) is 0. The van der Waals surface area contributed by atoms with Gasteiger partial charge in [-0.1, -0.05) is 18.3 Å². The summed E-state index contributed by atoms with van der Waals surface area (Å²) in [6.07, 6.45) is 2.49. The van der Waals surface area contributed by atoms with Crippen LogP contribution in [0, 0.1) is 0 Å². The molecule has 1 aromatic heterocycles. The number of nitrogens with zero attached hydrogens (tertiary/aromatic N) is 2. The average Bonchev–Trinajstić information content (AvgIpc) is 2.71. The zero-order valence-electron chi connectivity index (χ0n) is 7.36. The van der Waals surface area contributed by atoms with Crippen molar-refractivity contribution in [3.63, 3.8) is 0 Å². The van der Waals surface area contributed by atoms with Crippen molar-refractivity contribution in [1.29, 1.82) is 0 Å². The van der Waals surface area contributed by atoms with Crippen molar-refractivity contribution in [3.05, 3.63) is 8.92 Å². The standard InChI is InChI=1S/C8H11BrN2OS/c1-2-6-5(3-4-12-6)7-10-11-8(9)13-7/h5-6H,2-4H2,1H3. The molecule has 0 aromatic carbocycles. The van der Waals surface area contributed by atoms with E-state index in [4.69, 9.17) is 4.74 Å². The van der Waals surface area contributed by atoms with Gasteiger partial charge < -0.3 is 4.74 Å². The first-order valence-electron chi connectivity index (χ1n) is 4.41. The van der Waals surface area contributed by atoms with Crippen LogP contribution in [-0.2, 0) is 4.74 Å². The van der Waals surface area contributed by atoms with Gasteiger partial charge in [-0.05, 0) is 28.8 Å². The second-order valence-corrected chi connectivity index (χ2v) is 5.39. The Morgan fingerprint density at radius 1 is 1.62 bits per heavy atom. The van der Waals surface area contributed by atoms with Crippen LogP contribution in [0.4, 0.5) is 0 Å². The van der Waals surface area contributed by atoms with E-state index in [1.807, 2.05) is 0 Å². The van der Waals surface area contributed by atoms with Gasteiger partial charge in [0.25, 0.3) is 0 Å². The third-order valence-corrected chi connectivity index (χ3v) is 3.83. The molecule has 3 nitrogen and oxygen atoms in total. The molecule has 0 saturated carbocycles. The molecule has 72 valence electrons. The summed E-state index contributed by atoms with van der Waals surface area (Å²) in [5.41, 5.74) is 0. The van der Waals surface area contributed by atoms with Gasteiger partial charge >= 0.3 is 0 Å². The predicted molar refractivity (Wildman–Crippen MR) is 55.0 cm³/mol. The van der Waals surface area contributed by atoms with Gasteiger partial charge in [-0.15, -0.1) is 10.2 Å². The van der Waals surface area contributed by atoms with Crippen LogP contribution in [-0.4, -0.2) is 22.9 Å². The monoisotopic (exact) mass is 262 g/mol. The van der Waals surface area contributed by atoms with Crippen LogP contribution in [0.3, 0.4) is 0 Å². The zero-order valence-corrected chi connectivity index (χ0v) is 9.77. The highest BCUT2D eigenvalue weighted by Crippen LogP contribution is 2.35. The van der Waals surface area contributed by atoms with Crippen LogP contribution in [0.2, 0.25) is 0 Å². The fourth-order valence-corrected chi connectivity index (χ4v) is 3.03. The summed E-state index contributed by atoms with van der Waals surface area (Å²) in [5, 5.41) is 9.20. The lowest BCUT2D eigenvalue weighted by atomic mass is 10.0. The Balaban J connectivity index is 2.15. The quantitative estimate of drug-likeness (QED) is 0.822. The molecule has 1 aliphatic rings. The molecule has 1 fully saturated rings. The fraction of sp³-hybridized carbons (Fsp3) is 0.750. The van der Waals surface area contributed by atoms with E-state index in [2.05, 4.69) is 33.1 Å². The van der Waals surface area contributed by atoms with Crippen LogP contribution in [0.1, 0.15) is 30.7 Å². The van der Waals surface area contributed by atoms with Crippen molar-refractivity contribution in [2.45, 2.75) is 31.8 Å². The van der Waals surface area contributed by atoms with Gasteiger partial charge in [0.15, 0.2) is 3.92 Å². The van der Waals surface area contributed by atoms with E-state index >= 15 is 0 Å². The Labute approximate surface area is 89.6 Å². The van der Waals surface area contributed by atoms with Crippen molar-refractivity contribution in [1.82, 2.24) is 10.2 Å². The smallest absolute Gasteiger partial charge is 0.183 e. The molecule has 0 spiro atoms. The molecule has 2 atom stereocenters. The first kappa shape index (κ1) is 9.55. The van der Waals surface area contributed by atoms with Crippen molar-refractivity contribution in [2.75, 3.05) is 6.61 Å². The Hall–Kier alpha value is -0.0000000000000000833. The molecule has 5 heteroatoms. The third-order valence-electron chi connectivity index (χ3n) is 2.35. The predicted octanol–water partition coefficient (Wildman–Crippen LogP) is 2.58. The first-order valence-corrected chi connectivity index (χ1v) is 6.02. The molecule has 13 heavy (non-hydrogen) atoms. The molecule has 0 amide bonds. The number of aromatic nitrogens is 2. The lowest BCUT2D eigenvalue weighted by Gasteiger charge is -2.12. The maximum absolute atomic E-state index is 5.60. The maximum atomic E-state index is 5.60. The van der Waals surface area contributed by atoms with E-state index in [1.54, 1.807) is 11.3 Å². The summed E-state index contributed by atoms with van der Waals surface area (Å²) >= 11 is 4.94. The van der Waals surface area contributed by atoms with Crippen LogP contribution in [0.15, 0.2) is 3.92 Å². The Morgan fingerprint density at radius 2 is 2.46 bits per heavy atom. The molecular formula is C8H11BrN2OS. The van der Waals surface area contributed by atoms with Crippen molar-refractivity contribution in [3.8, 4) is 0 Å². The van der Waals surface area contributed by atoms with E-state index in [0.29, 0.717) is 12.0 Å². The highest BCUT2D eigenvalue weighted by molar-refractivity contribution is 9.11. The summed E-state index contributed by atoms with van der Waals surface area (Å²) < 4.78 is 6.47. The molecule has 1 saturated heterocycles. The van der Waals surface area contributed by atoms with Crippen LogP contribution < -0.4 is 0 Å². The molecule has 2 unspecified atom stereocenters. The minimum atomic E-state index is 0.347. The van der Waals surface area contributed by atoms with Gasteiger partial charge in [0.2, 0.25) is 0 Å². The number of halogens is 1. The van der Waals surface area contributed by atoms with E-state index in [1.165, 1.54) is 0 Å². The Morgan fingerprint density at radius 3 is 3.08 bits per heavy atom. The summed E-state index contributed by atoms with van der Waals surface area (Å²) in [6, 6.07) is 0. The third kappa shape index (κ3) is 1.92. The molecule has 2 rings (SSSR count). The van der Waals surface area contributed by atoms with Crippen LogP contribution in [0.5, 0.6) is 0 Å². The van der Waals surface area contributed by atoms with Gasteiger partial charge in [-0.25, -0.2) is 0 Å². The van der Waals surface area contributed by atoms with Crippen LogP contribution >= 0.6 is 27.3 Å². The molecular weight excluding hydrogens is 252 g/mol. The SMILES string of the molecule is CCC1OCCC1c1nnc(Br)s1. The fourth-order valence-electron chi connectivity index (χ4n) is 1.70. The number of ether oxygens (including phenoxy) is 1. The minimum Gasteiger partial charge on any atom is -0.377 e. The molecule has 1 aliphatic heterocycles. The van der Waals surface area contributed by atoms with E-state index < -0.39 is 0 Å². The minimum absolute atomic E-state index is 0.347. The van der Waals surface area contributed by atoms with Crippen molar-refractivity contribution in [2.24, 2.45) is 0 Å². The summed E-state index contributed by atoms with van der Waals surface area (Å²) in [5.74, 6) is 0.466.